The number of primary amides is 1. The molecule has 3 N–H and O–H groups in total. The third kappa shape index (κ3) is 2.90. The van der Waals surface area contributed by atoms with Crippen molar-refractivity contribution in [3.8, 4) is 0 Å². The molecule has 0 fully saturated rings. The lowest BCUT2D eigenvalue weighted by Gasteiger charge is -2.10. The number of anilines is 1. The predicted molar refractivity (Wildman–Crippen MR) is 68.6 cm³/mol. The van der Waals surface area contributed by atoms with Crippen LogP contribution in [0.2, 0.25) is 0 Å². The fourth-order valence-electron chi connectivity index (χ4n) is 1.71. The van der Waals surface area contributed by atoms with E-state index in [9.17, 15) is 18.0 Å². The molecule has 3 nitrogen and oxygen atoms in total. The summed E-state index contributed by atoms with van der Waals surface area (Å²) in [4.78, 5) is 11.0. The molecule has 0 spiro atoms. The van der Waals surface area contributed by atoms with Gasteiger partial charge in [-0.25, -0.2) is 13.2 Å². The van der Waals surface area contributed by atoms with E-state index in [-0.39, 0.29) is 23.4 Å². The summed E-state index contributed by atoms with van der Waals surface area (Å²) < 4.78 is 40.3. The Morgan fingerprint density at radius 3 is 2.30 bits per heavy atom. The van der Waals surface area contributed by atoms with Crippen molar-refractivity contribution in [2.45, 2.75) is 6.54 Å². The van der Waals surface area contributed by atoms with E-state index in [4.69, 9.17) is 5.73 Å². The summed E-state index contributed by atoms with van der Waals surface area (Å²) in [6.07, 6.45) is 0. The fraction of sp³-hybridized carbons (Fsp3) is 0.0714. The first-order valence-electron chi connectivity index (χ1n) is 5.75. The van der Waals surface area contributed by atoms with Crippen LogP contribution in [0.25, 0.3) is 0 Å². The summed E-state index contributed by atoms with van der Waals surface area (Å²) in [7, 11) is 0. The second-order valence-corrected chi connectivity index (χ2v) is 4.12. The SMILES string of the molecule is NC(=O)c1ccc(F)c(CNc2c(F)cccc2F)c1. The summed E-state index contributed by atoms with van der Waals surface area (Å²) in [5, 5.41) is 2.46. The van der Waals surface area contributed by atoms with Crippen LogP contribution in [0, 0.1) is 17.5 Å². The average Bonchev–Trinajstić information content (AvgIpc) is 2.39. The van der Waals surface area contributed by atoms with Gasteiger partial charge >= 0.3 is 0 Å². The van der Waals surface area contributed by atoms with Gasteiger partial charge in [0.15, 0.2) is 0 Å². The third-order valence-electron chi connectivity index (χ3n) is 2.75. The molecule has 0 radical (unpaired) electrons. The number of benzene rings is 2. The molecule has 0 heterocycles. The number of nitrogens with one attached hydrogen (secondary N) is 1. The third-order valence-corrected chi connectivity index (χ3v) is 2.75. The minimum absolute atomic E-state index is 0.0870. The maximum absolute atomic E-state index is 13.6. The van der Waals surface area contributed by atoms with Crippen molar-refractivity contribution in [2.75, 3.05) is 5.32 Å². The smallest absolute Gasteiger partial charge is 0.248 e. The van der Waals surface area contributed by atoms with Crippen molar-refractivity contribution < 1.29 is 18.0 Å². The van der Waals surface area contributed by atoms with Crippen LogP contribution < -0.4 is 11.1 Å². The van der Waals surface area contributed by atoms with Gasteiger partial charge in [0.05, 0.1) is 0 Å². The first-order valence-corrected chi connectivity index (χ1v) is 5.75. The van der Waals surface area contributed by atoms with Crippen LogP contribution in [-0.2, 0) is 6.54 Å². The van der Waals surface area contributed by atoms with E-state index in [0.717, 1.165) is 18.2 Å². The van der Waals surface area contributed by atoms with Gasteiger partial charge in [0.1, 0.15) is 23.1 Å². The molecule has 1 amide bonds. The first-order chi connectivity index (χ1) is 9.49. The zero-order valence-corrected chi connectivity index (χ0v) is 10.3. The number of nitrogens with two attached hydrogens (primary N) is 1. The number of carbonyl (C=O) groups excluding carboxylic acids is 1. The highest BCUT2D eigenvalue weighted by Crippen LogP contribution is 2.20. The van der Waals surface area contributed by atoms with Crippen molar-refractivity contribution in [3.63, 3.8) is 0 Å². The quantitative estimate of drug-likeness (QED) is 0.904. The zero-order chi connectivity index (χ0) is 14.7. The normalized spacial score (nSPS) is 10.3. The van der Waals surface area contributed by atoms with E-state index >= 15 is 0 Å². The molecule has 0 aliphatic heterocycles. The van der Waals surface area contributed by atoms with E-state index in [1.54, 1.807) is 0 Å². The van der Waals surface area contributed by atoms with Gasteiger partial charge in [0.25, 0.3) is 0 Å². The van der Waals surface area contributed by atoms with Gasteiger partial charge in [-0.3, -0.25) is 4.79 Å². The van der Waals surface area contributed by atoms with E-state index in [1.807, 2.05) is 0 Å². The molecule has 0 aliphatic carbocycles. The topological polar surface area (TPSA) is 55.1 Å². The lowest BCUT2D eigenvalue weighted by molar-refractivity contribution is 0.1000. The van der Waals surface area contributed by atoms with Gasteiger partial charge in [-0.1, -0.05) is 6.07 Å². The van der Waals surface area contributed by atoms with Crippen molar-refractivity contribution in [1.29, 1.82) is 0 Å². The van der Waals surface area contributed by atoms with Crippen LogP contribution >= 0.6 is 0 Å². The predicted octanol–water partition coefficient (Wildman–Crippen LogP) is 2.81. The Labute approximate surface area is 113 Å². The minimum atomic E-state index is -0.781. The van der Waals surface area contributed by atoms with E-state index in [2.05, 4.69) is 5.32 Å². The van der Waals surface area contributed by atoms with Crippen LogP contribution in [0.15, 0.2) is 36.4 Å². The van der Waals surface area contributed by atoms with Crippen molar-refractivity contribution in [1.82, 2.24) is 0 Å². The van der Waals surface area contributed by atoms with Gasteiger partial charge in [0, 0.05) is 17.7 Å². The standard InChI is InChI=1S/C14H11F3N2O/c15-10-5-4-8(14(18)20)6-9(10)7-19-13-11(16)2-1-3-12(13)17/h1-6,19H,7H2,(H2,18,20). The molecule has 2 rings (SSSR count). The van der Waals surface area contributed by atoms with E-state index < -0.39 is 23.4 Å². The lowest BCUT2D eigenvalue weighted by Crippen LogP contribution is -2.13. The lowest BCUT2D eigenvalue weighted by atomic mass is 10.1. The highest BCUT2D eigenvalue weighted by Gasteiger charge is 2.11. The van der Waals surface area contributed by atoms with E-state index in [1.165, 1.54) is 18.2 Å². The average molecular weight is 280 g/mol. The first kappa shape index (κ1) is 13.9. The molecule has 0 atom stereocenters. The number of rotatable bonds is 4. The molecular weight excluding hydrogens is 269 g/mol. The Balaban J connectivity index is 2.23. The number of hydrogen-bond acceptors (Lipinski definition) is 2. The summed E-state index contributed by atoms with van der Waals surface area (Å²) in [5.41, 5.74) is 4.95. The molecule has 2 aromatic rings. The summed E-state index contributed by atoms with van der Waals surface area (Å²) in [6.45, 7) is -0.176. The molecule has 0 aromatic heterocycles. The van der Waals surface area contributed by atoms with Gasteiger partial charge in [-0.05, 0) is 30.3 Å². The van der Waals surface area contributed by atoms with Crippen LogP contribution in [-0.4, -0.2) is 5.91 Å². The number of hydrogen-bond donors (Lipinski definition) is 2. The Bertz CT molecular complexity index is 639. The number of para-hydroxylation sites is 1. The second-order valence-electron chi connectivity index (χ2n) is 4.12. The van der Waals surface area contributed by atoms with Gasteiger partial charge in [0.2, 0.25) is 5.91 Å². The van der Waals surface area contributed by atoms with Crippen LogP contribution in [0.1, 0.15) is 15.9 Å². The van der Waals surface area contributed by atoms with Crippen LogP contribution in [0.5, 0.6) is 0 Å². The van der Waals surface area contributed by atoms with Gasteiger partial charge in [-0.15, -0.1) is 0 Å². The second kappa shape index (κ2) is 5.64. The molecule has 20 heavy (non-hydrogen) atoms. The number of halogens is 3. The van der Waals surface area contributed by atoms with Crippen molar-refractivity contribution in [2.24, 2.45) is 5.73 Å². The largest absolute Gasteiger partial charge is 0.376 e. The van der Waals surface area contributed by atoms with Crippen molar-refractivity contribution >= 4 is 11.6 Å². The van der Waals surface area contributed by atoms with E-state index in [0.29, 0.717) is 0 Å². The highest BCUT2D eigenvalue weighted by atomic mass is 19.1. The van der Waals surface area contributed by atoms with Crippen LogP contribution in [0.4, 0.5) is 18.9 Å². The molecule has 2 aromatic carbocycles. The molecule has 6 heteroatoms. The molecule has 0 unspecified atom stereocenters. The molecule has 0 saturated heterocycles. The summed E-state index contributed by atoms with van der Waals surface area (Å²) in [5.74, 6) is -2.87. The zero-order valence-electron chi connectivity index (χ0n) is 10.3. The molecule has 104 valence electrons. The Kier molecular flexibility index (Phi) is 3.93. The minimum Gasteiger partial charge on any atom is -0.376 e. The molecule has 0 saturated carbocycles. The Morgan fingerprint density at radius 2 is 1.70 bits per heavy atom. The van der Waals surface area contributed by atoms with Gasteiger partial charge in [-0.2, -0.15) is 0 Å². The molecular formula is C14H11F3N2O. The Morgan fingerprint density at radius 1 is 1.05 bits per heavy atom. The highest BCUT2D eigenvalue weighted by molar-refractivity contribution is 5.92. The summed E-state index contributed by atoms with van der Waals surface area (Å²) >= 11 is 0. The summed E-state index contributed by atoms with van der Waals surface area (Å²) in [6, 6.07) is 6.95. The maximum atomic E-state index is 13.6. The molecule has 0 aliphatic rings. The number of amides is 1. The molecule has 0 bridgehead atoms. The van der Waals surface area contributed by atoms with Gasteiger partial charge < -0.3 is 11.1 Å². The monoisotopic (exact) mass is 280 g/mol. The van der Waals surface area contributed by atoms with Crippen LogP contribution in [0.3, 0.4) is 0 Å². The maximum Gasteiger partial charge on any atom is 0.248 e. The Hall–Kier alpha value is -2.50. The fourth-order valence-corrected chi connectivity index (χ4v) is 1.71. The number of carbonyl (C=O) groups is 1. The van der Waals surface area contributed by atoms with Crippen molar-refractivity contribution in [3.05, 3.63) is 65.0 Å².